The summed E-state index contributed by atoms with van der Waals surface area (Å²) >= 11 is 12.1. The van der Waals surface area contributed by atoms with Crippen molar-refractivity contribution in [3.63, 3.8) is 0 Å². The molecule has 0 N–H and O–H groups in total. The van der Waals surface area contributed by atoms with Gasteiger partial charge in [-0.1, -0.05) is 24.4 Å². The number of hydrogen-bond donors (Lipinski definition) is 0. The normalized spacial score (nSPS) is 26.8. The molecule has 2 aromatic rings. The summed E-state index contributed by atoms with van der Waals surface area (Å²) in [5.41, 5.74) is 0.796. The minimum Gasteiger partial charge on any atom is -0.359 e. The fourth-order valence-corrected chi connectivity index (χ4v) is 3.87. The zero-order valence-electron chi connectivity index (χ0n) is 13.5. The van der Waals surface area contributed by atoms with Crippen LogP contribution in [0.1, 0.15) is 32.2 Å². The summed E-state index contributed by atoms with van der Waals surface area (Å²) in [4.78, 5) is 12.5. The van der Waals surface area contributed by atoms with Crippen molar-refractivity contribution in [2.24, 2.45) is 5.41 Å². The fourth-order valence-electron chi connectivity index (χ4n) is 3.45. The molecule has 3 atom stereocenters. The predicted molar refractivity (Wildman–Crippen MR) is 91.9 cm³/mol. The number of imidazole rings is 1. The van der Waals surface area contributed by atoms with E-state index in [2.05, 4.69) is 27.8 Å². The Morgan fingerprint density at radius 2 is 2.25 bits per heavy atom. The number of rotatable bonds is 5. The summed E-state index contributed by atoms with van der Waals surface area (Å²) in [5, 5.41) is 0.339. The first-order valence-corrected chi connectivity index (χ1v) is 8.44. The topological polar surface area (TPSA) is 62.1 Å². The third kappa shape index (κ3) is 2.86. The molecule has 0 unspecified atom stereocenters. The molecule has 1 fully saturated rings. The van der Waals surface area contributed by atoms with Crippen LogP contribution in [0.3, 0.4) is 0 Å². The Labute approximate surface area is 150 Å². The first-order chi connectivity index (χ1) is 11.5. The van der Waals surface area contributed by atoms with Crippen LogP contribution in [-0.4, -0.2) is 39.5 Å². The molecular formula is C16H18Cl2N4O2. The van der Waals surface area contributed by atoms with Gasteiger partial charge in [0.05, 0.1) is 17.8 Å². The number of fused-ring (bicyclic) bond motifs is 1. The van der Waals surface area contributed by atoms with Gasteiger partial charge in [-0.2, -0.15) is 4.98 Å². The molecule has 0 aliphatic heterocycles. The number of hydrogen-bond acceptors (Lipinski definition) is 5. The van der Waals surface area contributed by atoms with E-state index < -0.39 is 0 Å². The molecule has 1 aliphatic rings. The summed E-state index contributed by atoms with van der Waals surface area (Å²) in [7, 11) is 1.60. The first-order valence-electron chi connectivity index (χ1n) is 7.68. The van der Waals surface area contributed by atoms with Crippen LogP contribution < -0.4 is 0 Å². The minimum atomic E-state index is -0.347. The Balaban J connectivity index is 1.98. The molecule has 2 heterocycles. The number of methoxy groups -OCH3 is 1. The van der Waals surface area contributed by atoms with E-state index in [1.54, 1.807) is 13.4 Å². The smallest absolute Gasteiger partial charge is 0.225 e. The van der Waals surface area contributed by atoms with E-state index in [1.807, 2.05) is 4.57 Å². The van der Waals surface area contributed by atoms with Crippen LogP contribution in [0.4, 0.5) is 0 Å². The number of nitrogens with zero attached hydrogens (tertiary/aromatic N) is 4. The van der Waals surface area contributed by atoms with Crippen molar-refractivity contribution >= 4 is 34.4 Å². The average Bonchev–Trinajstić information content (AvgIpc) is 3.14. The van der Waals surface area contributed by atoms with Crippen LogP contribution in [0, 0.1) is 17.8 Å². The highest BCUT2D eigenvalue weighted by molar-refractivity contribution is 6.35. The monoisotopic (exact) mass is 368 g/mol. The van der Waals surface area contributed by atoms with Gasteiger partial charge in [0.2, 0.25) is 5.28 Å². The van der Waals surface area contributed by atoms with Crippen molar-refractivity contribution < 1.29 is 9.47 Å². The van der Waals surface area contributed by atoms with Crippen molar-refractivity contribution in [1.29, 1.82) is 0 Å². The average molecular weight is 369 g/mol. The van der Waals surface area contributed by atoms with Crippen LogP contribution in [0.2, 0.25) is 10.4 Å². The molecule has 6 nitrogen and oxygen atoms in total. The highest BCUT2D eigenvalue weighted by Gasteiger charge is 2.47. The standard InChI is InChI=1S/C16H18Cl2N4O2/c1-4-16(5-2)7-10(6-11(16)24-9-23-3)22-8-19-12-13(17)20-15(18)21-14(12)22/h1,8,10-11H,5-7,9H2,2-3H3/t10-,11-,16-/m0/s1. The molecule has 0 saturated heterocycles. The van der Waals surface area contributed by atoms with Gasteiger partial charge in [-0.3, -0.25) is 0 Å². The zero-order valence-corrected chi connectivity index (χ0v) is 15.0. The Kier molecular flexibility index (Phi) is 4.97. The maximum absolute atomic E-state index is 6.11. The predicted octanol–water partition coefficient (Wildman–Crippen LogP) is 3.49. The van der Waals surface area contributed by atoms with Crippen LogP contribution in [0.25, 0.3) is 11.2 Å². The molecule has 1 saturated carbocycles. The molecule has 8 heteroatoms. The molecule has 0 amide bonds. The van der Waals surface area contributed by atoms with Gasteiger partial charge in [-0.15, -0.1) is 6.42 Å². The van der Waals surface area contributed by atoms with Gasteiger partial charge in [0.25, 0.3) is 0 Å². The van der Waals surface area contributed by atoms with E-state index in [-0.39, 0.29) is 34.8 Å². The molecular weight excluding hydrogens is 351 g/mol. The lowest BCUT2D eigenvalue weighted by atomic mass is 9.82. The Hall–Kier alpha value is -1.39. The molecule has 128 valence electrons. The van der Waals surface area contributed by atoms with Gasteiger partial charge in [0, 0.05) is 13.2 Å². The molecule has 0 aromatic carbocycles. The third-order valence-corrected chi connectivity index (χ3v) is 5.19. The van der Waals surface area contributed by atoms with Crippen LogP contribution in [0.15, 0.2) is 6.33 Å². The molecule has 3 rings (SSSR count). The summed E-state index contributed by atoms with van der Waals surface area (Å²) in [5.74, 6) is 2.95. The SMILES string of the molecule is C#C[C@]1(CC)C[C@@H](n2cnc3c(Cl)nc(Cl)nc32)C[C@@H]1OCOC. The maximum atomic E-state index is 6.11. The third-order valence-electron chi connectivity index (χ3n) is 4.75. The number of aromatic nitrogens is 4. The van der Waals surface area contributed by atoms with Crippen LogP contribution in [0.5, 0.6) is 0 Å². The summed E-state index contributed by atoms with van der Waals surface area (Å²) in [6.45, 7) is 2.29. The van der Waals surface area contributed by atoms with Crippen molar-refractivity contribution in [3.8, 4) is 12.3 Å². The summed E-state index contributed by atoms with van der Waals surface area (Å²) in [6, 6.07) is 0.0925. The van der Waals surface area contributed by atoms with E-state index in [4.69, 9.17) is 39.1 Å². The lowest BCUT2D eigenvalue weighted by Crippen LogP contribution is -2.30. The van der Waals surface area contributed by atoms with E-state index >= 15 is 0 Å². The second kappa shape index (κ2) is 6.85. The molecule has 0 radical (unpaired) electrons. The Bertz CT molecular complexity index is 788. The molecule has 24 heavy (non-hydrogen) atoms. The highest BCUT2D eigenvalue weighted by Crippen LogP contribution is 2.48. The van der Waals surface area contributed by atoms with Crippen LogP contribution in [-0.2, 0) is 9.47 Å². The van der Waals surface area contributed by atoms with Crippen LogP contribution >= 0.6 is 23.2 Å². The van der Waals surface area contributed by atoms with Crippen molar-refractivity contribution in [2.45, 2.75) is 38.3 Å². The van der Waals surface area contributed by atoms with Crippen molar-refractivity contribution in [1.82, 2.24) is 19.5 Å². The summed E-state index contributed by atoms with van der Waals surface area (Å²) < 4.78 is 12.9. The van der Waals surface area contributed by atoms with E-state index in [0.29, 0.717) is 11.2 Å². The van der Waals surface area contributed by atoms with E-state index in [1.165, 1.54) is 0 Å². The van der Waals surface area contributed by atoms with Gasteiger partial charge < -0.3 is 14.0 Å². The summed E-state index contributed by atoms with van der Waals surface area (Å²) in [6.07, 6.45) is 9.79. The largest absolute Gasteiger partial charge is 0.359 e. The second-order valence-electron chi connectivity index (χ2n) is 5.92. The molecule has 1 aliphatic carbocycles. The maximum Gasteiger partial charge on any atom is 0.225 e. The molecule has 0 spiro atoms. The van der Waals surface area contributed by atoms with Crippen molar-refractivity contribution in [2.75, 3.05) is 13.9 Å². The molecule has 0 bridgehead atoms. The van der Waals surface area contributed by atoms with Crippen molar-refractivity contribution in [3.05, 3.63) is 16.8 Å². The second-order valence-corrected chi connectivity index (χ2v) is 6.61. The Morgan fingerprint density at radius 3 is 2.92 bits per heavy atom. The zero-order chi connectivity index (χ0) is 17.3. The van der Waals surface area contributed by atoms with E-state index in [0.717, 1.165) is 19.3 Å². The Morgan fingerprint density at radius 1 is 1.46 bits per heavy atom. The number of ether oxygens (including phenoxy) is 2. The quantitative estimate of drug-likeness (QED) is 0.350. The van der Waals surface area contributed by atoms with Gasteiger partial charge in [0.15, 0.2) is 10.8 Å². The lowest BCUT2D eigenvalue weighted by molar-refractivity contribution is -0.0964. The van der Waals surface area contributed by atoms with Gasteiger partial charge in [-0.05, 0) is 30.9 Å². The van der Waals surface area contributed by atoms with Gasteiger partial charge in [0.1, 0.15) is 12.3 Å². The first kappa shape index (κ1) is 17.4. The van der Waals surface area contributed by atoms with E-state index in [9.17, 15) is 0 Å². The number of halogens is 2. The lowest BCUT2D eigenvalue weighted by Gasteiger charge is -2.28. The molecule has 2 aromatic heterocycles. The highest BCUT2D eigenvalue weighted by atomic mass is 35.5. The number of terminal acetylenes is 1. The van der Waals surface area contributed by atoms with Gasteiger partial charge >= 0.3 is 0 Å². The minimum absolute atomic E-state index is 0.0925. The van der Waals surface area contributed by atoms with Gasteiger partial charge in [-0.25, -0.2) is 9.97 Å². The fraction of sp³-hybridized carbons (Fsp3) is 0.562.